The van der Waals surface area contributed by atoms with E-state index in [2.05, 4.69) is 4.99 Å². The van der Waals surface area contributed by atoms with Crippen molar-refractivity contribution < 1.29 is 9.47 Å². The first-order valence-electron chi connectivity index (χ1n) is 8.50. The summed E-state index contributed by atoms with van der Waals surface area (Å²) in [6, 6.07) is 19.3. The van der Waals surface area contributed by atoms with Crippen LogP contribution < -0.4 is 5.73 Å². The molecule has 0 aliphatic heterocycles. The predicted octanol–water partition coefficient (Wildman–Crippen LogP) is 2.67. The van der Waals surface area contributed by atoms with E-state index in [-0.39, 0.29) is 0 Å². The minimum absolute atomic E-state index is 0.417. The van der Waals surface area contributed by atoms with E-state index in [0.29, 0.717) is 38.1 Å². The van der Waals surface area contributed by atoms with Crippen molar-refractivity contribution in [2.75, 3.05) is 40.5 Å². The maximum Gasteiger partial charge on any atom is 0.228 e. The van der Waals surface area contributed by atoms with Crippen molar-refractivity contribution in [3.8, 4) is 0 Å². The monoisotopic (exact) mass is 354 g/mol. The number of ether oxygens (including phenoxy) is 2. The van der Waals surface area contributed by atoms with Crippen LogP contribution in [0.25, 0.3) is 0 Å². The van der Waals surface area contributed by atoms with Gasteiger partial charge in [-0.2, -0.15) is 4.99 Å². The minimum atomic E-state index is 0.417. The molecule has 0 heterocycles. The third-order valence-electron chi connectivity index (χ3n) is 3.69. The van der Waals surface area contributed by atoms with Crippen molar-refractivity contribution >= 4 is 17.5 Å². The molecule has 6 nitrogen and oxygen atoms in total. The molecule has 2 aromatic rings. The van der Waals surface area contributed by atoms with E-state index in [0.717, 1.165) is 11.3 Å². The van der Waals surface area contributed by atoms with Crippen LogP contribution in [-0.4, -0.2) is 57.2 Å². The van der Waals surface area contributed by atoms with Gasteiger partial charge in [-0.15, -0.1) is 0 Å². The molecule has 0 radical (unpaired) electrons. The highest BCUT2D eigenvalue weighted by Gasteiger charge is 2.12. The Labute approximate surface area is 155 Å². The van der Waals surface area contributed by atoms with Crippen LogP contribution >= 0.6 is 0 Å². The molecule has 0 amide bonds. The highest BCUT2D eigenvalue weighted by molar-refractivity contribution is 6.05. The first-order valence-corrected chi connectivity index (χ1v) is 8.50. The van der Waals surface area contributed by atoms with E-state index < -0.39 is 0 Å². The van der Waals surface area contributed by atoms with E-state index in [9.17, 15) is 0 Å². The fourth-order valence-electron chi connectivity index (χ4n) is 2.28. The Hall–Kier alpha value is -2.70. The maximum atomic E-state index is 6.22. The number of nitrogens with two attached hydrogens (primary N) is 1. The van der Waals surface area contributed by atoms with Gasteiger partial charge in [0.15, 0.2) is 0 Å². The van der Waals surface area contributed by atoms with Crippen LogP contribution in [0.5, 0.6) is 0 Å². The number of nitrogens with zero attached hydrogens (tertiary/aromatic N) is 3. The summed E-state index contributed by atoms with van der Waals surface area (Å²) in [5, 5.41) is 0. The summed E-state index contributed by atoms with van der Waals surface area (Å²) < 4.78 is 10.5. The zero-order valence-corrected chi connectivity index (χ0v) is 15.3. The number of rotatable bonds is 8. The molecular formula is C20H26N4O2. The normalized spacial score (nSPS) is 12.2. The molecule has 0 atom stereocenters. The van der Waals surface area contributed by atoms with E-state index >= 15 is 0 Å². The lowest BCUT2D eigenvalue weighted by Crippen LogP contribution is -2.36. The van der Waals surface area contributed by atoms with Gasteiger partial charge in [0.05, 0.1) is 18.9 Å². The lowest BCUT2D eigenvalue weighted by molar-refractivity contribution is 0.146. The average Bonchev–Trinajstić information content (AvgIpc) is 2.69. The molecule has 0 bridgehead atoms. The van der Waals surface area contributed by atoms with E-state index in [4.69, 9.17) is 20.2 Å². The Morgan fingerprint density at radius 2 is 1.42 bits per heavy atom. The van der Waals surface area contributed by atoms with E-state index in [1.807, 2.05) is 65.6 Å². The van der Waals surface area contributed by atoms with Crippen LogP contribution in [-0.2, 0) is 9.47 Å². The Kier molecular flexibility index (Phi) is 8.32. The third-order valence-corrected chi connectivity index (χ3v) is 3.69. The number of methoxy groups -OCH3 is 2. The largest absolute Gasteiger partial charge is 0.383 e. The van der Waals surface area contributed by atoms with Gasteiger partial charge in [-0.05, 0) is 12.1 Å². The van der Waals surface area contributed by atoms with Crippen LogP contribution in [0.3, 0.4) is 0 Å². The number of hydrogen-bond donors (Lipinski definition) is 1. The van der Waals surface area contributed by atoms with Gasteiger partial charge in [0.1, 0.15) is 5.84 Å². The Bertz CT molecular complexity index is 694. The van der Waals surface area contributed by atoms with Crippen molar-refractivity contribution in [3.63, 3.8) is 0 Å². The second-order valence-electron chi connectivity index (χ2n) is 5.58. The van der Waals surface area contributed by atoms with Crippen LogP contribution in [0.1, 0.15) is 5.56 Å². The average molecular weight is 354 g/mol. The SMILES string of the molecule is COCCN(CCOC)C(=Nc1ccccc1)/N=C(\N)c1ccccc1. The number of guanidine groups is 1. The van der Waals surface area contributed by atoms with Gasteiger partial charge in [0.25, 0.3) is 0 Å². The van der Waals surface area contributed by atoms with Gasteiger partial charge in [0.2, 0.25) is 5.96 Å². The topological polar surface area (TPSA) is 72.4 Å². The summed E-state index contributed by atoms with van der Waals surface area (Å²) in [5.41, 5.74) is 7.89. The fraction of sp³-hybridized carbons (Fsp3) is 0.300. The number of para-hydroxylation sites is 1. The van der Waals surface area contributed by atoms with Crippen LogP contribution in [0.15, 0.2) is 70.6 Å². The quantitative estimate of drug-likeness (QED) is 0.584. The summed E-state index contributed by atoms with van der Waals surface area (Å²) in [7, 11) is 3.34. The summed E-state index contributed by atoms with van der Waals surface area (Å²) in [6.45, 7) is 2.38. The van der Waals surface area contributed by atoms with Gasteiger partial charge in [-0.3, -0.25) is 0 Å². The molecule has 26 heavy (non-hydrogen) atoms. The molecule has 0 spiro atoms. The standard InChI is InChI=1S/C20H26N4O2/c1-25-15-13-24(14-16-26-2)20(22-18-11-7-4-8-12-18)23-19(21)17-9-5-3-6-10-17/h3-12H,13-16H2,1-2H3,(H2,21,22,23). The molecule has 2 N–H and O–H groups in total. The van der Waals surface area contributed by atoms with Gasteiger partial charge < -0.3 is 20.1 Å². The molecule has 0 unspecified atom stereocenters. The van der Waals surface area contributed by atoms with E-state index in [1.165, 1.54) is 0 Å². The summed E-state index contributed by atoms with van der Waals surface area (Å²) in [5.74, 6) is 0.951. The zero-order chi connectivity index (χ0) is 18.6. The number of amidine groups is 1. The van der Waals surface area contributed by atoms with Crippen molar-refractivity contribution in [3.05, 3.63) is 66.2 Å². The second kappa shape index (κ2) is 11.0. The van der Waals surface area contributed by atoms with Crippen molar-refractivity contribution in [1.82, 2.24) is 4.90 Å². The zero-order valence-electron chi connectivity index (χ0n) is 15.3. The lowest BCUT2D eigenvalue weighted by Gasteiger charge is -2.23. The van der Waals surface area contributed by atoms with Crippen molar-refractivity contribution in [1.29, 1.82) is 0 Å². The van der Waals surface area contributed by atoms with Crippen molar-refractivity contribution in [2.24, 2.45) is 15.7 Å². The number of hydrogen-bond acceptors (Lipinski definition) is 3. The van der Waals surface area contributed by atoms with Crippen LogP contribution in [0.2, 0.25) is 0 Å². The smallest absolute Gasteiger partial charge is 0.228 e. The van der Waals surface area contributed by atoms with Crippen molar-refractivity contribution in [2.45, 2.75) is 0 Å². The summed E-state index contributed by atoms with van der Waals surface area (Å²) >= 11 is 0. The Morgan fingerprint density at radius 1 is 0.885 bits per heavy atom. The van der Waals surface area contributed by atoms with Gasteiger partial charge >= 0.3 is 0 Å². The lowest BCUT2D eigenvalue weighted by atomic mass is 10.2. The molecule has 2 rings (SSSR count). The maximum absolute atomic E-state index is 6.22. The van der Waals surface area contributed by atoms with Gasteiger partial charge in [-0.1, -0.05) is 48.5 Å². The minimum Gasteiger partial charge on any atom is -0.383 e. The highest BCUT2D eigenvalue weighted by atomic mass is 16.5. The first-order chi connectivity index (χ1) is 12.7. The van der Waals surface area contributed by atoms with Gasteiger partial charge in [0, 0.05) is 32.9 Å². The predicted molar refractivity (Wildman–Crippen MR) is 106 cm³/mol. The molecule has 0 saturated carbocycles. The molecule has 0 saturated heterocycles. The molecule has 0 fully saturated rings. The Balaban J connectivity index is 2.38. The third kappa shape index (κ3) is 6.31. The molecule has 0 aliphatic carbocycles. The Morgan fingerprint density at radius 3 is 1.96 bits per heavy atom. The first kappa shape index (κ1) is 19.6. The van der Waals surface area contributed by atoms with Crippen LogP contribution in [0.4, 0.5) is 5.69 Å². The second-order valence-corrected chi connectivity index (χ2v) is 5.58. The summed E-state index contributed by atoms with van der Waals surface area (Å²) in [6.07, 6.45) is 0. The fourth-order valence-corrected chi connectivity index (χ4v) is 2.28. The number of benzene rings is 2. The number of aliphatic imine (C=N–C) groups is 2. The molecular weight excluding hydrogens is 328 g/mol. The summed E-state index contributed by atoms with van der Waals surface area (Å²) in [4.78, 5) is 11.3. The highest BCUT2D eigenvalue weighted by Crippen LogP contribution is 2.12. The van der Waals surface area contributed by atoms with Gasteiger partial charge in [-0.25, -0.2) is 4.99 Å². The molecule has 6 heteroatoms. The molecule has 138 valence electrons. The van der Waals surface area contributed by atoms with E-state index in [1.54, 1.807) is 14.2 Å². The molecule has 0 aromatic heterocycles. The van der Waals surface area contributed by atoms with Crippen LogP contribution in [0, 0.1) is 0 Å². The molecule has 0 aliphatic rings. The molecule has 2 aromatic carbocycles.